The van der Waals surface area contributed by atoms with E-state index in [1.165, 1.54) is 0 Å². The van der Waals surface area contributed by atoms with E-state index in [1.54, 1.807) is 7.11 Å². The largest absolute Gasteiger partial charge is 0.383 e. The van der Waals surface area contributed by atoms with E-state index in [9.17, 15) is 9.59 Å². The molecular weight excluding hydrogens is 422 g/mol. The van der Waals surface area contributed by atoms with Gasteiger partial charge >= 0.3 is 0 Å². The molecule has 2 aromatic rings. The quantitative estimate of drug-likeness (QED) is 0.540. The smallest absolute Gasteiger partial charge is 0.288 e. The number of likely N-dealkylation sites (tertiary alicyclic amines) is 1. The van der Waals surface area contributed by atoms with Crippen LogP contribution in [0.15, 0.2) is 24.3 Å². The summed E-state index contributed by atoms with van der Waals surface area (Å²) in [7, 11) is 1.71. The number of rotatable bonds is 5. The summed E-state index contributed by atoms with van der Waals surface area (Å²) in [5.41, 5.74) is 7.76. The summed E-state index contributed by atoms with van der Waals surface area (Å²) in [5.74, 6) is -0.134. The molecule has 176 valence electrons. The number of carbonyl (C=O) groups is 2. The molecule has 1 saturated heterocycles. The molecule has 1 aromatic heterocycles. The number of aromatic nitrogens is 3. The molecule has 10 heteroatoms. The molecular formula is C23H31N7O3. The van der Waals surface area contributed by atoms with Crippen LogP contribution in [0.1, 0.15) is 54.3 Å². The number of ether oxygens (including phenoxy) is 1. The van der Waals surface area contributed by atoms with Crippen LogP contribution < -0.4 is 16.4 Å². The number of anilines is 2. The summed E-state index contributed by atoms with van der Waals surface area (Å²) in [6.07, 6.45) is 4.40. The van der Waals surface area contributed by atoms with Gasteiger partial charge in [-0.1, -0.05) is 31.0 Å². The Morgan fingerprint density at radius 2 is 2.06 bits per heavy atom. The van der Waals surface area contributed by atoms with Crippen molar-refractivity contribution in [2.24, 2.45) is 11.8 Å². The number of benzene rings is 1. The molecule has 3 aliphatic rings. The molecule has 5 atom stereocenters. The van der Waals surface area contributed by atoms with Gasteiger partial charge in [0.1, 0.15) is 0 Å². The van der Waals surface area contributed by atoms with E-state index in [2.05, 4.69) is 42.8 Å². The fourth-order valence-electron chi connectivity index (χ4n) is 5.85. The first-order chi connectivity index (χ1) is 16.1. The van der Waals surface area contributed by atoms with Gasteiger partial charge in [-0.25, -0.2) is 0 Å². The monoisotopic (exact) mass is 453 g/mol. The number of nitrogens with two attached hydrogens (primary N) is 1. The normalized spacial score (nSPS) is 28.5. The Bertz CT molecular complexity index is 1020. The zero-order chi connectivity index (χ0) is 22.9. The van der Waals surface area contributed by atoms with Gasteiger partial charge in [0, 0.05) is 31.3 Å². The second-order valence-electron chi connectivity index (χ2n) is 9.24. The summed E-state index contributed by atoms with van der Waals surface area (Å²) in [5, 5.41) is 12.9. The molecule has 2 amide bonds. The molecule has 5 N–H and O–H groups in total. The van der Waals surface area contributed by atoms with Crippen LogP contribution in [0.5, 0.6) is 0 Å². The Kier molecular flexibility index (Phi) is 5.92. The van der Waals surface area contributed by atoms with Gasteiger partial charge in [0.25, 0.3) is 5.91 Å². The van der Waals surface area contributed by atoms with E-state index in [1.807, 2.05) is 12.1 Å². The molecule has 5 rings (SSSR count). The summed E-state index contributed by atoms with van der Waals surface area (Å²) >= 11 is 0. The number of nitrogens with one attached hydrogen (secondary N) is 3. The van der Waals surface area contributed by atoms with Crippen molar-refractivity contribution in [2.75, 3.05) is 31.3 Å². The SMILES string of the molecule is COC[C@@H]1Nc2ccccc2[C@H]2[C@H]1CCN2C(=O)[C@H]1CCCC[C@H]1NC(=O)c1nc(N)n[nH]1. The zero-order valence-corrected chi connectivity index (χ0v) is 18.8. The highest BCUT2D eigenvalue weighted by Crippen LogP contribution is 2.47. The van der Waals surface area contributed by atoms with Crippen LogP contribution in [-0.4, -0.2) is 64.2 Å². The third kappa shape index (κ3) is 4.03. The van der Waals surface area contributed by atoms with E-state index >= 15 is 0 Å². The van der Waals surface area contributed by atoms with Crippen molar-refractivity contribution >= 4 is 23.5 Å². The molecule has 2 fully saturated rings. The van der Waals surface area contributed by atoms with E-state index in [0.717, 1.165) is 43.4 Å². The first-order valence-electron chi connectivity index (χ1n) is 11.7. The third-order valence-electron chi connectivity index (χ3n) is 7.33. The third-order valence-corrected chi connectivity index (χ3v) is 7.33. The standard InChI is InChI=1S/C23H31N7O3/c1-33-12-18-14-10-11-30(19(14)13-6-2-4-8-16(13)25-18)22(32)15-7-3-5-9-17(15)26-21(31)20-27-23(24)29-28-20/h2,4,6,8,14-15,17-19,25H,3,5,7,9-12H2,1H3,(H,26,31)(H3,24,27,28,29)/t14-,15-,17+,18-,19-/m0/s1. The lowest BCUT2D eigenvalue weighted by Gasteiger charge is -2.41. The Morgan fingerprint density at radius 3 is 2.85 bits per heavy atom. The maximum absolute atomic E-state index is 13.9. The predicted octanol–water partition coefficient (Wildman–Crippen LogP) is 1.71. The van der Waals surface area contributed by atoms with Crippen LogP contribution in [0.4, 0.5) is 11.6 Å². The minimum Gasteiger partial charge on any atom is -0.383 e. The van der Waals surface area contributed by atoms with Gasteiger partial charge in [-0.05, 0) is 30.9 Å². The molecule has 3 heterocycles. The van der Waals surface area contributed by atoms with E-state index in [-0.39, 0.29) is 53.5 Å². The van der Waals surface area contributed by atoms with Gasteiger partial charge in [-0.15, -0.1) is 5.10 Å². The van der Waals surface area contributed by atoms with Crippen molar-refractivity contribution in [3.8, 4) is 0 Å². The highest BCUT2D eigenvalue weighted by molar-refractivity contribution is 5.91. The van der Waals surface area contributed by atoms with Crippen LogP contribution in [0.2, 0.25) is 0 Å². The van der Waals surface area contributed by atoms with Crippen molar-refractivity contribution < 1.29 is 14.3 Å². The van der Waals surface area contributed by atoms with Crippen LogP contribution >= 0.6 is 0 Å². The molecule has 1 aliphatic carbocycles. The summed E-state index contributed by atoms with van der Waals surface area (Å²) < 4.78 is 5.48. The average molecular weight is 454 g/mol. The van der Waals surface area contributed by atoms with Crippen molar-refractivity contribution in [1.82, 2.24) is 25.4 Å². The molecule has 1 saturated carbocycles. The van der Waals surface area contributed by atoms with E-state index in [4.69, 9.17) is 10.5 Å². The fraction of sp³-hybridized carbons (Fsp3) is 0.565. The predicted molar refractivity (Wildman–Crippen MR) is 122 cm³/mol. The van der Waals surface area contributed by atoms with Crippen LogP contribution in [0, 0.1) is 11.8 Å². The van der Waals surface area contributed by atoms with Crippen LogP contribution in [0.25, 0.3) is 0 Å². The lowest BCUT2D eigenvalue weighted by molar-refractivity contribution is -0.139. The number of amides is 2. The minimum absolute atomic E-state index is 0.0162. The number of hydrogen-bond acceptors (Lipinski definition) is 7. The number of nitrogens with zero attached hydrogens (tertiary/aromatic N) is 3. The second-order valence-corrected chi connectivity index (χ2v) is 9.24. The number of H-pyrrole nitrogens is 1. The molecule has 10 nitrogen and oxygen atoms in total. The second kappa shape index (κ2) is 9.01. The number of nitrogen functional groups attached to an aromatic ring is 1. The Balaban J connectivity index is 1.38. The number of carbonyl (C=O) groups excluding carboxylic acids is 2. The number of fused-ring (bicyclic) bond motifs is 3. The van der Waals surface area contributed by atoms with Gasteiger partial charge in [0.05, 0.1) is 24.6 Å². The van der Waals surface area contributed by atoms with Gasteiger partial charge in [0.2, 0.25) is 17.7 Å². The number of methoxy groups -OCH3 is 1. The van der Waals surface area contributed by atoms with Crippen molar-refractivity contribution in [3.05, 3.63) is 35.7 Å². The average Bonchev–Trinajstić information content (AvgIpc) is 3.46. The van der Waals surface area contributed by atoms with Gasteiger partial charge in [0.15, 0.2) is 0 Å². The first-order valence-corrected chi connectivity index (χ1v) is 11.7. The summed E-state index contributed by atoms with van der Waals surface area (Å²) in [6.45, 7) is 1.31. The maximum Gasteiger partial charge on any atom is 0.288 e. The van der Waals surface area contributed by atoms with Crippen LogP contribution in [-0.2, 0) is 9.53 Å². The van der Waals surface area contributed by atoms with E-state index in [0.29, 0.717) is 13.2 Å². The van der Waals surface area contributed by atoms with E-state index < -0.39 is 0 Å². The lowest BCUT2D eigenvalue weighted by Crippen LogP contribution is -2.51. The van der Waals surface area contributed by atoms with Gasteiger partial charge in [-0.2, -0.15) is 4.98 Å². The molecule has 2 aliphatic heterocycles. The molecule has 1 aromatic carbocycles. The van der Waals surface area contributed by atoms with Gasteiger partial charge in [-0.3, -0.25) is 14.7 Å². The first kappa shape index (κ1) is 21.7. The molecule has 0 unspecified atom stereocenters. The summed E-state index contributed by atoms with van der Waals surface area (Å²) in [6, 6.07) is 8.16. The summed E-state index contributed by atoms with van der Waals surface area (Å²) in [4.78, 5) is 32.6. The Hall–Kier alpha value is -3.14. The highest BCUT2D eigenvalue weighted by atomic mass is 16.5. The topological polar surface area (TPSA) is 138 Å². The van der Waals surface area contributed by atoms with Crippen molar-refractivity contribution in [3.63, 3.8) is 0 Å². The number of para-hydroxylation sites is 1. The molecule has 0 spiro atoms. The van der Waals surface area contributed by atoms with Crippen LogP contribution in [0.3, 0.4) is 0 Å². The Morgan fingerprint density at radius 1 is 1.24 bits per heavy atom. The number of hydrogen-bond donors (Lipinski definition) is 4. The van der Waals surface area contributed by atoms with Gasteiger partial charge < -0.3 is 26.0 Å². The minimum atomic E-state index is -0.379. The lowest BCUT2D eigenvalue weighted by atomic mass is 9.81. The van der Waals surface area contributed by atoms with Crippen molar-refractivity contribution in [2.45, 2.75) is 50.2 Å². The fourth-order valence-corrected chi connectivity index (χ4v) is 5.85. The molecule has 33 heavy (non-hydrogen) atoms. The molecule has 0 radical (unpaired) electrons. The zero-order valence-electron chi connectivity index (χ0n) is 18.8. The number of aromatic amines is 1. The highest BCUT2D eigenvalue weighted by Gasteiger charge is 2.48. The van der Waals surface area contributed by atoms with Crippen molar-refractivity contribution in [1.29, 1.82) is 0 Å². The molecule has 0 bridgehead atoms. The maximum atomic E-state index is 13.9. The Labute approximate surface area is 192 Å².